The lowest BCUT2D eigenvalue weighted by Crippen LogP contribution is -2.48. The van der Waals surface area contributed by atoms with Gasteiger partial charge in [-0.25, -0.2) is 4.79 Å². The van der Waals surface area contributed by atoms with Crippen molar-refractivity contribution in [3.63, 3.8) is 0 Å². The van der Waals surface area contributed by atoms with Crippen LogP contribution in [0.5, 0.6) is 5.75 Å². The third-order valence-corrected chi connectivity index (χ3v) is 4.67. The molecule has 0 unspecified atom stereocenters. The number of fused-ring (bicyclic) bond motifs is 1. The lowest BCUT2D eigenvalue weighted by Gasteiger charge is -2.33. The van der Waals surface area contributed by atoms with Gasteiger partial charge in [0.25, 0.3) is 5.91 Å². The van der Waals surface area contributed by atoms with Crippen molar-refractivity contribution < 1.29 is 23.9 Å². The third kappa shape index (κ3) is 4.93. The molecule has 0 fully saturated rings. The van der Waals surface area contributed by atoms with Crippen molar-refractivity contribution in [1.82, 2.24) is 5.32 Å². The second-order valence-corrected chi connectivity index (χ2v) is 6.99. The summed E-state index contributed by atoms with van der Waals surface area (Å²) < 4.78 is 11.0. The van der Waals surface area contributed by atoms with E-state index in [9.17, 15) is 14.4 Å². The number of nitrogens with zero attached hydrogens (tertiary/aromatic N) is 1. The highest BCUT2D eigenvalue weighted by atomic mass is 16.6. The van der Waals surface area contributed by atoms with Crippen LogP contribution in [0.4, 0.5) is 5.69 Å². The van der Waals surface area contributed by atoms with Gasteiger partial charge in [0.1, 0.15) is 5.75 Å². The van der Waals surface area contributed by atoms with Gasteiger partial charge in [0, 0.05) is 13.5 Å². The highest BCUT2D eigenvalue weighted by molar-refractivity contribution is 5.95. The molecular formula is C22H24N2O5. The van der Waals surface area contributed by atoms with Crippen molar-refractivity contribution in [2.75, 3.05) is 11.4 Å². The van der Waals surface area contributed by atoms with Crippen LogP contribution >= 0.6 is 0 Å². The standard InChI is InChI=1S/C22H24N2O5/c1-14-8-10-17(11-9-14)12-23-21(26)15(2)28-22(27)20-13-24(16(3)25)18-6-4-5-7-19(18)29-20/h4-11,15,20H,12-13H2,1-3H3,(H,23,26)/t15-,20-/m1/s1. The van der Waals surface area contributed by atoms with E-state index in [1.165, 1.54) is 18.7 Å². The van der Waals surface area contributed by atoms with Gasteiger partial charge in [-0.05, 0) is 31.5 Å². The fourth-order valence-electron chi connectivity index (χ4n) is 3.00. The molecule has 0 bridgehead atoms. The zero-order valence-corrected chi connectivity index (χ0v) is 16.7. The van der Waals surface area contributed by atoms with E-state index >= 15 is 0 Å². The molecule has 2 amide bonds. The number of para-hydroxylation sites is 2. The van der Waals surface area contributed by atoms with Crippen molar-refractivity contribution in [3.05, 3.63) is 59.7 Å². The summed E-state index contributed by atoms with van der Waals surface area (Å²) >= 11 is 0. The molecule has 1 aliphatic rings. The molecule has 7 heteroatoms. The second-order valence-electron chi connectivity index (χ2n) is 6.99. The molecule has 29 heavy (non-hydrogen) atoms. The molecule has 0 aromatic heterocycles. The summed E-state index contributed by atoms with van der Waals surface area (Å²) in [5, 5.41) is 2.75. The number of hydrogen-bond acceptors (Lipinski definition) is 5. The number of carbonyl (C=O) groups excluding carboxylic acids is 3. The predicted octanol–water partition coefficient (Wildman–Crippen LogP) is 2.36. The van der Waals surface area contributed by atoms with E-state index in [1.807, 2.05) is 31.2 Å². The average Bonchev–Trinajstić information content (AvgIpc) is 2.72. The molecule has 3 rings (SSSR count). The molecule has 1 N–H and O–H groups in total. The monoisotopic (exact) mass is 396 g/mol. The molecule has 1 aliphatic heterocycles. The molecule has 2 aromatic rings. The fraction of sp³-hybridized carbons (Fsp3) is 0.318. The van der Waals surface area contributed by atoms with E-state index in [0.29, 0.717) is 18.0 Å². The van der Waals surface area contributed by atoms with E-state index in [-0.39, 0.29) is 12.5 Å². The molecule has 0 aliphatic carbocycles. The van der Waals surface area contributed by atoms with E-state index in [4.69, 9.17) is 9.47 Å². The van der Waals surface area contributed by atoms with Gasteiger partial charge in [0.05, 0.1) is 12.2 Å². The van der Waals surface area contributed by atoms with Crippen molar-refractivity contribution in [2.45, 2.75) is 39.5 Å². The Morgan fingerprint density at radius 2 is 1.86 bits per heavy atom. The van der Waals surface area contributed by atoms with Gasteiger partial charge in [-0.2, -0.15) is 0 Å². The number of aryl methyl sites for hydroxylation is 1. The van der Waals surface area contributed by atoms with Gasteiger partial charge in [0.15, 0.2) is 6.10 Å². The van der Waals surface area contributed by atoms with Gasteiger partial charge >= 0.3 is 5.97 Å². The van der Waals surface area contributed by atoms with Crippen LogP contribution in [0.25, 0.3) is 0 Å². The van der Waals surface area contributed by atoms with Crippen LogP contribution in [0.2, 0.25) is 0 Å². The van der Waals surface area contributed by atoms with Crippen LogP contribution in [0.3, 0.4) is 0 Å². The number of rotatable bonds is 5. The van der Waals surface area contributed by atoms with E-state index in [2.05, 4.69) is 5.32 Å². The van der Waals surface area contributed by atoms with Crippen molar-refractivity contribution >= 4 is 23.5 Å². The largest absolute Gasteiger partial charge is 0.475 e. The third-order valence-electron chi connectivity index (χ3n) is 4.67. The Morgan fingerprint density at radius 1 is 1.17 bits per heavy atom. The Kier molecular flexibility index (Phi) is 6.16. The number of benzene rings is 2. The SMILES string of the molecule is CC(=O)N1C[C@H](C(=O)O[C@H](C)C(=O)NCc2ccc(C)cc2)Oc2ccccc21. The zero-order valence-electron chi connectivity index (χ0n) is 16.7. The van der Waals surface area contributed by atoms with Crippen LogP contribution in [-0.4, -0.2) is 36.5 Å². The van der Waals surface area contributed by atoms with Crippen LogP contribution in [0.15, 0.2) is 48.5 Å². The molecule has 2 atom stereocenters. The maximum absolute atomic E-state index is 12.5. The maximum Gasteiger partial charge on any atom is 0.350 e. The second kappa shape index (κ2) is 8.77. The highest BCUT2D eigenvalue weighted by Crippen LogP contribution is 2.33. The highest BCUT2D eigenvalue weighted by Gasteiger charge is 2.35. The summed E-state index contributed by atoms with van der Waals surface area (Å²) in [5.41, 5.74) is 2.69. The Labute approximate surface area is 169 Å². The summed E-state index contributed by atoms with van der Waals surface area (Å²) in [6.45, 7) is 5.28. The minimum Gasteiger partial charge on any atom is -0.475 e. The number of hydrogen-bond donors (Lipinski definition) is 1. The Balaban J connectivity index is 1.58. The Hall–Kier alpha value is -3.35. The smallest absolute Gasteiger partial charge is 0.350 e. The van der Waals surface area contributed by atoms with E-state index in [0.717, 1.165) is 11.1 Å². The Morgan fingerprint density at radius 3 is 2.55 bits per heavy atom. The van der Waals surface area contributed by atoms with Crippen molar-refractivity contribution in [2.24, 2.45) is 0 Å². The number of anilines is 1. The molecule has 0 saturated carbocycles. The minimum atomic E-state index is -0.999. The molecule has 0 radical (unpaired) electrons. The number of nitrogens with one attached hydrogen (secondary N) is 1. The summed E-state index contributed by atoms with van der Waals surface area (Å²) in [7, 11) is 0. The lowest BCUT2D eigenvalue weighted by molar-refractivity contribution is -0.161. The fourth-order valence-corrected chi connectivity index (χ4v) is 3.00. The van der Waals surface area contributed by atoms with Gasteiger partial charge in [-0.1, -0.05) is 42.0 Å². The summed E-state index contributed by atoms with van der Waals surface area (Å²) in [6, 6.07) is 14.8. The molecule has 152 valence electrons. The molecule has 1 heterocycles. The zero-order chi connectivity index (χ0) is 21.0. The molecule has 0 saturated heterocycles. The average molecular weight is 396 g/mol. The minimum absolute atomic E-state index is 0.0306. The summed E-state index contributed by atoms with van der Waals surface area (Å²) in [4.78, 5) is 38.2. The van der Waals surface area contributed by atoms with Gasteiger partial charge in [-0.15, -0.1) is 0 Å². The maximum atomic E-state index is 12.5. The first-order valence-electron chi connectivity index (χ1n) is 9.42. The first-order valence-corrected chi connectivity index (χ1v) is 9.42. The quantitative estimate of drug-likeness (QED) is 0.785. The summed E-state index contributed by atoms with van der Waals surface area (Å²) in [5.74, 6) is -0.878. The number of carbonyl (C=O) groups is 3. The number of esters is 1. The Bertz CT molecular complexity index is 910. The van der Waals surface area contributed by atoms with Crippen LogP contribution in [0, 0.1) is 6.92 Å². The van der Waals surface area contributed by atoms with E-state index in [1.54, 1.807) is 24.3 Å². The van der Waals surface area contributed by atoms with Gasteiger partial charge in [-0.3, -0.25) is 9.59 Å². The van der Waals surface area contributed by atoms with E-state index < -0.39 is 24.1 Å². The normalized spacial score (nSPS) is 16.2. The van der Waals surface area contributed by atoms with Gasteiger partial charge in [0.2, 0.25) is 12.0 Å². The van der Waals surface area contributed by atoms with Gasteiger partial charge < -0.3 is 19.7 Å². The molecule has 2 aromatic carbocycles. The van der Waals surface area contributed by atoms with Crippen molar-refractivity contribution in [3.8, 4) is 5.75 Å². The van der Waals surface area contributed by atoms with Crippen LogP contribution in [-0.2, 0) is 25.7 Å². The molecule has 7 nitrogen and oxygen atoms in total. The first-order chi connectivity index (χ1) is 13.8. The first kappa shape index (κ1) is 20.4. The molecular weight excluding hydrogens is 372 g/mol. The van der Waals surface area contributed by atoms with Crippen molar-refractivity contribution in [1.29, 1.82) is 0 Å². The lowest BCUT2D eigenvalue weighted by atomic mass is 10.1. The summed E-state index contributed by atoms with van der Waals surface area (Å²) in [6.07, 6.45) is -1.99. The van der Waals surface area contributed by atoms with Crippen LogP contribution < -0.4 is 15.0 Å². The number of ether oxygens (including phenoxy) is 2. The predicted molar refractivity (Wildman–Crippen MR) is 107 cm³/mol. The number of amides is 2. The topological polar surface area (TPSA) is 84.9 Å². The van der Waals surface area contributed by atoms with Crippen LogP contribution in [0.1, 0.15) is 25.0 Å². The molecule has 0 spiro atoms.